The van der Waals surface area contributed by atoms with E-state index in [9.17, 15) is 4.79 Å². The lowest BCUT2D eigenvalue weighted by Gasteiger charge is -2.21. The minimum Gasteiger partial charge on any atom is -0.491 e. The van der Waals surface area contributed by atoms with Crippen LogP contribution in [0.2, 0.25) is 0 Å². The normalized spacial score (nSPS) is 18.8. The van der Waals surface area contributed by atoms with Crippen molar-refractivity contribution in [3.05, 3.63) is 23.3 Å². The number of ether oxygens (including phenoxy) is 1. The number of hydrogen-bond acceptors (Lipinski definition) is 3. The molecule has 16 heavy (non-hydrogen) atoms. The van der Waals surface area contributed by atoms with Crippen LogP contribution in [-0.4, -0.2) is 26.0 Å². The molecule has 2 aliphatic rings. The maximum Gasteiger partial charge on any atom is 0.165 e. The first-order valence-corrected chi connectivity index (χ1v) is 5.80. The second-order valence-electron chi connectivity index (χ2n) is 4.50. The smallest absolute Gasteiger partial charge is 0.165 e. The number of fused-ring (bicyclic) bond motifs is 3. The van der Waals surface area contributed by atoms with E-state index in [4.69, 9.17) is 4.74 Å². The van der Waals surface area contributed by atoms with Crippen molar-refractivity contribution in [1.82, 2.24) is 0 Å². The zero-order valence-electron chi connectivity index (χ0n) is 9.45. The van der Waals surface area contributed by atoms with Crippen LogP contribution >= 0.6 is 0 Å². The molecule has 3 rings (SSSR count). The van der Waals surface area contributed by atoms with E-state index in [0.29, 0.717) is 6.42 Å². The van der Waals surface area contributed by atoms with Gasteiger partial charge in [0.1, 0.15) is 5.75 Å². The summed E-state index contributed by atoms with van der Waals surface area (Å²) in [5, 5.41) is 0. The second-order valence-corrected chi connectivity index (χ2v) is 4.50. The largest absolute Gasteiger partial charge is 0.491 e. The number of benzene rings is 1. The molecule has 1 aromatic carbocycles. The quantitative estimate of drug-likeness (QED) is 0.666. The van der Waals surface area contributed by atoms with E-state index >= 15 is 0 Å². The van der Waals surface area contributed by atoms with Gasteiger partial charge in [0.15, 0.2) is 5.78 Å². The van der Waals surface area contributed by atoms with Crippen molar-refractivity contribution in [3.63, 3.8) is 0 Å². The summed E-state index contributed by atoms with van der Waals surface area (Å²) in [5.74, 6) is 1.19. The number of carbonyl (C=O) groups excluding carboxylic acids is 1. The van der Waals surface area contributed by atoms with E-state index in [1.165, 1.54) is 5.56 Å². The van der Waals surface area contributed by atoms with Crippen molar-refractivity contribution in [1.29, 1.82) is 0 Å². The fraction of sp³-hybridized carbons (Fsp3) is 0.462. The van der Waals surface area contributed by atoms with Crippen LogP contribution in [0.5, 0.6) is 5.75 Å². The minimum absolute atomic E-state index is 0.248. The SMILES string of the molecule is CN1CCCC(=O)c2ccc3c(c21)OCC3. The summed E-state index contributed by atoms with van der Waals surface area (Å²) in [7, 11) is 2.04. The Balaban J connectivity index is 2.22. The molecule has 0 bridgehead atoms. The van der Waals surface area contributed by atoms with Gasteiger partial charge in [0.2, 0.25) is 0 Å². The summed E-state index contributed by atoms with van der Waals surface area (Å²) in [5.41, 5.74) is 3.08. The summed E-state index contributed by atoms with van der Waals surface area (Å²) >= 11 is 0. The van der Waals surface area contributed by atoms with E-state index < -0.39 is 0 Å². The van der Waals surface area contributed by atoms with Crippen LogP contribution in [0.4, 0.5) is 5.69 Å². The second kappa shape index (κ2) is 3.51. The number of ketones is 1. The topological polar surface area (TPSA) is 29.5 Å². The molecule has 0 N–H and O–H groups in total. The number of hydrogen-bond donors (Lipinski definition) is 0. The van der Waals surface area contributed by atoms with E-state index in [1.807, 2.05) is 19.2 Å². The molecule has 0 unspecified atom stereocenters. The molecule has 0 saturated carbocycles. The van der Waals surface area contributed by atoms with Gasteiger partial charge in [-0.25, -0.2) is 0 Å². The average molecular weight is 217 g/mol. The van der Waals surface area contributed by atoms with Gasteiger partial charge in [-0.05, 0) is 18.1 Å². The first-order valence-electron chi connectivity index (χ1n) is 5.80. The van der Waals surface area contributed by atoms with Crippen LogP contribution < -0.4 is 9.64 Å². The molecule has 0 amide bonds. The van der Waals surface area contributed by atoms with Gasteiger partial charge in [0.05, 0.1) is 12.3 Å². The van der Waals surface area contributed by atoms with E-state index in [2.05, 4.69) is 4.90 Å². The van der Waals surface area contributed by atoms with Gasteiger partial charge in [-0.15, -0.1) is 0 Å². The van der Waals surface area contributed by atoms with Gasteiger partial charge < -0.3 is 9.64 Å². The predicted molar refractivity (Wildman–Crippen MR) is 62.5 cm³/mol. The molecule has 0 radical (unpaired) electrons. The maximum atomic E-state index is 12.0. The number of anilines is 1. The number of rotatable bonds is 0. The number of nitrogens with zero attached hydrogens (tertiary/aromatic N) is 1. The highest BCUT2D eigenvalue weighted by molar-refractivity contribution is 6.03. The highest BCUT2D eigenvalue weighted by atomic mass is 16.5. The zero-order valence-corrected chi connectivity index (χ0v) is 9.45. The molecule has 3 nitrogen and oxygen atoms in total. The molecular formula is C13H15NO2. The van der Waals surface area contributed by atoms with Gasteiger partial charge in [-0.2, -0.15) is 0 Å². The molecule has 84 valence electrons. The summed E-state index contributed by atoms with van der Waals surface area (Å²) in [6.07, 6.45) is 2.54. The first kappa shape index (κ1) is 9.70. The van der Waals surface area contributed by atoms with Crippen molar-refractivity contribution in [2.24, 2.45) is 0 Å². The highest BCUT2D eigenvalue weighted by Gasteiger charge is 2.26. The Kier molecular flexibility index (Phi) is 2.13. The van der Waals surface area contributed by atoms with Crippen LogP contribution in [0.1, 0.15) is 28.8 Å². The Bertz CT molecular complexity index is 453. The van der Waals surface area contributed by atoms with E-state index in [0.717, 1.165) is 43.0 Å². The summed E-state index contributed by atoms with van der Waals surface area (Å²) in [4.78, 5) is 14.1. The van der Waals surface area contributed by atoms with Crippen molar-refractivity contribution >= 4 is 11.5 Å². The Hall–Kier alpha value is -1.51. The molecule has 3 heteroatoms. The first-order chi connectivity index (χ1) is 7.77. The predicted octanol–water partition coefficient (Wildman–Crippen LogP) is 2.03. The average Bonchev–Trinajstić information content (AvgIpc) is 2.69. The highest BCUT2D eigenvalue weighted by Crippen LogP contribution is 2.40. The van der Waals surface area contributed by atoms with Crippen molar-refractivity contribution in [2.75, 3.05) is 25.1 Å². The third kappa shape index (κ3) is 1.31. The van der Waals surface area contributed by atoms with Crippen LogP contribution in [0.25, 0.3) is 0 Å². The van der Waals surface area contributed by atoms with Crippen LogP contribution in [0, 0.1) is 0 Å². The summed E-state index contributed by atoms with van der Waals surface area (Å²) in [6, 6.07) is 4.01. The molecule has 2 aliphatic heterocycles. The molecule has 0 aliphatic carbocycles. The fourth-order valence-electron chi connectivity index (χ4n) is 2.56. The molecule has 1 aromatic rings. The van der Waals surface area contributed by atoms with Gasteiger partial charge in [-0.3, -0.25) is 4.79 Å². The Morgan fingerprint density at radius 3 is 3.06 bits per heavy atom. The lowest BCUT2D eigenvalue weighted by atomic mass is 10.0. The lowest BCUT2D eigenvalue weighted by molar-refractivity contribution is 0.0983. The Morgan fingerprint density at radius 2 is 2.19 bits per heavy atom. The zero-order chi connectivity index (χ0) is 11.1. The summed E-state index contributed by atoms with van der Waals surface area (Å²) < 4.78 is 5.68. The van der Waals surface area contributed by atoms with Crippen molar-refractivity contribution in [3.8, 4) is 5.75 Å². The molecule has 0 fully saturated rings. The van der Waals surface area contributed by atoms with Crippen molar-refractivity contribution < 1.29 is 9.53 Å². The molecular weight excluding hydrogens is 202 g/mol. The number of carbonyl (C=O) groups is 1. The molecule has 0 spiro atoms. The van der Waals surface area contributed by atoms with Crippen LogP contribution in [0.3, 0.4) is 0 Å². The molecule has 0 saturated heterocycles. The minimum atomic E-state index is 0.248. The third-order valence-corrected chi connectivity index (χ3v) is 3.41. The maximum absolute atomic E-state index is 12.0. The lowest BCUT2D eigenvalue weighted by Crippen LogP contribution is -2.18. The van der Waals surface area contributed by atoms with E-state index in [1.54, 1.807) is 0 Å². The molecule has 2 heterocycles. The van der Waals surface area contributed by atoms with E-state index in [-0.39, 0.29) is 5.78 Å². The van der Waals surface area contributed by atoms with Gasteiger partial charge in [0, 0.05) is 32.0 Å². The molecule has 0 aromatic heterocycles. The number of Topliss-reactive ketones (excluding diaryl/α,β-unsaturated/α-hetero) is 1. The Labute approximate surface area is 95.0 Å². The van der Waals surface area contributed by atoms with Gasteiger partial charge in [-0.1, -0.05) is 6.07 Å². The van der Waals surface area contributed by atoms with Crippen LogP contribution in [0.15, 0.2) is 12.1 Å². The fourth-order valence-corrected chi connectivity index (χ4v) is 2.56. The van der Waals surface area contributed by atoms with Gasteiger partial charge >= 0.3 is 0 Å². The standard InChI is InChI=1S/C13H15NO2/c1-14-7-2-3-11(15)10-5-4-9-6-8-16-13(9)12(10)14/h4-5H,2-3,6-8H2,1H3. The molecule has 0 atom stereocenters. The summed E-state index contributed by atoms with van der Waals surface area (Å²) in [6.45, 7) is 1.67. The third-order valence-electron chi connectivity index (χ3n) is 3.41. The van der Waals surface area contributed by atoms with Gasteiger partial charge in [0.25, 0.3) is 0 Å². The van der Waals surface area contributed by atoms with Crippen LogP contribution in [-0.2, 0) is 6.42 Å². The van der Waals surface area contributed by atoms with Crippen molar-refractivity contribution in [2.45, 2.75) is 19.3 Å². The Morgan fingerprint density at radius 1 is 1.31 bits per heavy atom. The monoisotopic (exact) mass is 217 g/mol.